The van der Waals surface area contributed by atoms with Crippen LogP contribution in [0.15, 0.2) is 0 Å². The average Bonchev–Trinajstić information content (AvgIpc) is 2.72. The molecule has 1 N–H and O–H groups in total. The highest BCUT2D eigenvalue weighted by molar-refractivity contribution is 4.99. The van der Waals surface area contributed by atoms with Gasteiger partial charge in [-0.05, 0) is 51.5 Å². The molecule has 0 aliphatic carbocycles. The van der Waals surface area contributed by atoms with Crippen molar-refractivity contribution in [2.24, 2.45) is 0 Å². The first-order chi connectivity index (χ1) is 9.80. The zero-order valence-electron chi connectivity index (χ0n) is 14.0. The molecule has 20 heavy (non-hydrogen) atoms. The number of unbranched alkanes of at least 4 members (excludes halogenated alkanes) is 1. The van der Waals surface area contributed by atoms with E-state index in [1.165, 1.54) is 70.8 Å². The normalized spacial score (nSPS) is 31.6. The Balaban J connectivity index is 1.92. The second-order valence-electron chi connectivity index (χ2n) is 7.04. The van der Waals surface area contributed by atoms with Crippen LogP contribution in [-0.4, -0.2) is 35.6 Å². The average molecular weight is 280 g/mol. The van der Waals surface area contributed by atoms with Crippen molar-refractivity contribution in [1.82, 2.24) is 10.2 Å². The Labute approximate surface area is 126 Å². The second-order valence-corrected chi connectivity index (χ2v) is 7.04. The van der Waals surface area contributed by atoms with E-state index in [-0.39, 0.29) is 0 Å². The fraction of sp³-hybridized carbons (Fsp3) is 1.00. The lowest BCUT2D eigenvalue weighted by Gasteiger charge is -2.44. The fourth-order valence-corrected chi connectivity index (χ4v) is 4.54. The summed E-state index contributed by atoms with van der Waals surface area (Å²) in [4.78, 5) is 2.96. The van der Waals surface area contributed by atoms with E-state index in [2.05, 4.69) is 31.0 Å². The van der Waals surface area contributed by atoms with E-state index < -0.39 is 0 Å². The molecule has 2 aliphatic rings. The largest absolute Gasteiger partial charge is 0.314 e. The summed E-state index contributed by atoms with van der Waals surface area (Å²) in [6.45, 7) is 8.17. The van der Waals surface area contributed by atoms with Crippen molar-refractivity contribution < 1.29 is 0 Å². The van der Waals surface area contributed by atoms with Gasteiger partial charge in [-0.3, -0.25) is 4.90 Å². The zero-order valence-corrected chi connectivity index (χ0v) is 14.0. The number of hydrogen-bond donors (Lipinski definition) is 1. The van der Waals surface area contributed by atoms with Gasteiger partial charge in [-0.15, -0.1) is 0 Å². The molecule has 2 heterocycles. The Kier molecular flexibility index (Phi) is 6.83. The molecule has 2 bridgehead atoms. The lowest BCUT2D eigenvalue weighted by Crippen LogP contribution is -2.53. The maximum Gasteiger partial charge on any atom is 0.0116 e. The molecule has 3 unspecified atom stereocenters. The fourth-order valence-electron chi connectivity index (χ4n) is 4.54. The van der Waals surface area contributed by atoms with E-state index in [0.29, 0.717) is 0 Å². The maximum atomic E-state index is 3.78. The lowest BCUT2D eigenvalue weighted by atomic mass is 9.92. The minimum atomic E-state index is 0.803. The first-order valence-electron chi connectivity index (χ1n) is 9.30. The van der Waals surface area contributed by atoms with E-state index in [4.69, 9.17) is 0 Å². The lowest BCUT2D eigenvalue weighted by molar-refractivity contribution is 0.0597. The van der Waals surface area contributed by atoms with E-state index in [0.717, 1.165) is 24.2 Å². The van der Waals surface area contributed by atoms with Crippen molar-refractivity contribution in [3.8, 4) is 0 Å². The van der Waals surface area contributed by atoms with Crippen molar-refractivity contribution in [3.05, 3.63) is 0 Å². The summed E-state index contributed by atoms with van der Waals surface area (Å²) in [5, 5.41) is 3.78. The quantitative estimate of drug-likeness (QED) is 0.676. The molecule has 2 heteroatoms. The Bertz CT molecular complexity index is 252. The topological polar surface area (TPSA) is 15.3 Å². The third-order valence-electron chi connectivity index (χ3n) is 5.41. The van der Waals surface area contributed by atoms with Gasteiger partial charge in [0, 0.05) is 24.2 Å². The predicted molar refractivity (Wildman–Crippen MR) is 88.2 cm³/mol. The van der Waals surface area contributed by atoms with Gasteiger partial charge in [-0.1, -0.05) is 40.0 Å². The third kappa shape index (κ3) is 3.98. The van der Waals surface area contributed by atoms with Crippen LogP contribution < -0.4 is 5.32 Å². The van der Waals surface area contributed by atoms with Gasteiger partial charge in [0.1, 0.15) is 0 Å². The molecule has 118 valence electrons. The van der Waals surface area contributed by atoms with Crippen LogP contribution in [0.2, 0.25) is 0 Å². The Morgan fingerprint density at radius 1 is 0.950 bits per heavy atom. The van der Waals surface area contributed by atoms with E-state index in [1.54, 1.807) is 0 Å². The van der Waals surface area contributed by atoms with Crippen molar-refractivity contribution in [2.45, 2.75) is 109 Å². The van der Waals surface area contributed by atoms with Crippen molar-refractivity contribution in [1.29, 1.82) is 0 Å². The number of nitrogens with one attached hydrogen (secondary N) is 1. The van der Waals surface area contributed by atoms with Crippen molar-refractivity contribution >= 4 is 0 Å². The highest BCUT2D eigenvalue weighted by atomic mass is 15.3. The molecule has 0 aromatic heterocycles. The van der Waals surface area contributed by atoms with Crippen LogP contribution in [0.3, 0.4) is 0 Å². The summed E-state index contributed by atoms with van der Waals surface area (Å²) in [7, 11) is 0. The van der Waals surface area contributed by atoms with E-state index in [1.807, 2.05) is 0 Å². The number of rotatable bonds is 9. The molecule has 0 radical (unpaired) electrons. The summed E-state index contributed by atoms with van der Waals surface area (Å²) < 4.78 is 0. The van der Waals surface area contributed by atoms with Gasteiger partial charge >= 0.3 is 0 Å². The molecule has 2 fully saturated rings. The molecule has 0 aromatic rings. The summed E-state index contributed by atoms with van der Waals surface area (Å²) >= 11 is 0. The zero-order chi connectivity index (χ0) is 14.4. The maximum absolute atomic E-state index is 3.78. The van der Waals surface area contributed by atoms with Gasteiger partial charge in [0.2, 0.25) is 0 Å². The first-order valence-corrected chi connectivity index (χ1v) is 9.30. The summed E-state index contributed by atoms with van der Waals surface area (Å²) in [5.74, 6) is 0. The summed E-state index contributed by atoms with van der Waals surface area (Å²) in [6, 6.07) is 3.45. The molecule has 0 aromatic carbocycles. The van der Waals surface area contributed by atoms with Crippen LogP contribution in [0.25, 0.3) is 0 Å². The second kappa shape index (κ2) is 8.38. The molecule has 0 amide bonds. The number of fused-ring (bicyclic) bond motifs is 2. The first kappa shape index (κ1) is 16.3. The van der Waals surface area contributed by atoms with Crippen molar-refractivity contribution in [3.63, 3.8) is 0 Å². The van der Waals surface area contributed by atoms with Gasteiger partial charge in [0.15, 0.2) is 0 Å². The van der Waals surface area contributed by atoms with Crippen LogP contribution in [-0.2, 0) is 0 Å². The Morgan fingerprint density at radius 2 is 1.65 bits per heavy atom. The molecular formula is C18H36N2. The Hall–Kier alpha value is -0.0800. The Morgan fingerprint density at radius 3 is 2.20 bits per heavy atom. The SMILES string of the molecule is CCCCC(CCC)N1C2CCC1CC(NCCC)C2. The molecule has 3 atom stereocenters. The molecular weight excluding hydrogens is 244 g/mol. The van der Waals surface area contributed by atoms with Gasteiger partial charge < -0.3 is 5.32 Å². The standard InChI is InChI=1S/C18H36N2/c1-4-7-9-16(8-5-2)20-17-10-11-18(20)14-15(13-17)19-12-6-3/h15-19H,4-14H2,1-3H3. The van der Waals surface area contributed by atoms with Crippen molar-refractivity contribution in [2.75, 3.05) is 6.54 Å². The smallest absolute Gasteiger partial charge is 0.0116 e. The van der Waals surface area contributed by atoms with Crippen LogP contribution in [0, 0.1) is 0 Å². The molecule has 2 saturated heterocycles. The third-order valence-corrected chi connectivity index (χ3v) is 5.41. The van der Waals surface area contributed by atoms with E-state index in [9.17, 15) is 0 Å². The number of piperidine rings is 1. The van der Waals surface area contributed by atoms with Crippen LogP contribution >= 0.6 is 0 Å². The molecule has 2 rings (SSSR count). The monoisotopic (exact) mass is 280 g/mol. The minimum absolute atomic E-state index is 0.803. The number of nitrogens with zero attached hydrogens (tertiary/aromatic N) is 1. The molecule has 0 saturated carbocycles. The van der Waals surface area contributed by atoms with Gasteiger partial charge in [-0.25, -0.2) is 0 Å². The van der Waals surface area contributed by atoms with Crippen LogP contribution in [0.5, 0.6) is 0 Å². The molecule has 2 aliphatic heterocycles. The van der Waals surface area contributed by atoms with Gasteiger partial charge in [0.05, 0.1) is 0 Å². The highest BCUT2D eigenvalue weighted by Crippen LogP contribution is 2.39. The predicted octanol–water partition coefficient (Wildman–Crippen LogP) is 4.34. The molecule has 2 nitrogen and oxygen atoms in total. The van der Waals surface area contributed by atoms with Gasteiger partial charge in [-0.2, -0.15) is 0 Å². The van der Waals surface area contributed by atoms with Crippen LogP contribution in [0.1, 0.15) is 85.0 Å². The highest BCUT2D eigenvalue weighted by Gasteiger charge is 2.42. The van der Waals surface area contributed by atoms with E-state index >= 15 is 0 Å². The van der Waals surface area contributed by atoms with Crippen LogP contribution in [0.4, 0.5) is 0 Å². The minimum Gasteiger partial charge on any atom is -0.314 e. The number of hydrogen-bond acceptors (Lipinski definition) is 2. The summed E-state index contributed by atoms with van der Waals surface area (Å²) in [6.07, 6.45) is 14.0. The summed E-state index contributed by atoms with van der Waals surface area (Å²) in [5.41, 5.74) is 0. The molecule has 0 spiro atoms. The van der Waals surface area contributed by atoms with Gasteiger partial charge in [0.25, 0.3) is 0 Å².